The molecule has 0 saturated heterocycles. The van der Waals surface area contributed by atoms with Gasteiger partial charge in [-0.25, -0.2) is 0 Å². The van der Waals surface area contributed by atoms with Gasteiger partial charge in [0.15, 0.2) is 0 Å². The largest absolute Gasteiger partial charge is 0.494 e. The second kappa shape index (κ2) is 7.53. The van der Waals surface area contributed by atoms with Gasteiger partial charge in [0.05, 0.1) is 17.5 Å². The van der Waals surface area contributed by atoms with Crippen LogP contribution in [0.4, 0.5) is 5.69 Å². The van der Waals surface area contributed by atoms with Crippen LogP contribution in [0.1, 0.15) is 18.9 Å². The molecule has 3 rings (SSSR count). The molecule has 1 aliphatic heterocycles. The zero-order chi connectivity index (χ0) is 16.9. The van der Waals surface area contributed by atoms with E-state index in [4.69, 9.17) is 4.74 Å². The molecule has 0 aliphatic carbocycles. The number of hydrogen-bond donors (Lipinski definition) is 1. The van der Waals surface area contributed by atoms with Gasteiger partial charge in [-0.05, 0) is 36.8 Å². The normalized spacial score (nSPS) is 16.2. The molecule has 1 N–H and O–H groups in total. The van der Waals surface area contributed by atoms with Gasteiger partial charge in [-0.3, -0.25) is 9.59 Å². The van der Waals surface area contributed by atoms with E-state index < -0.39 is 0 Å². The quantitative estimate of drug-likeness (QED) is 0.870. The summed E-state index contributed by atoms with van der Waals surface area (Å²) in [6.45, 7) is 2.55. The van der Waals surface area contributed by atoms with Gasteiger partial charge < -0.3 is 10.1 Å². The number of para-hydroxylation sites is 1. The molecule has 2 aromatic rings. The lowest BCUT2D eigenvalue weighted by Gasteiger charge is -2.23. The number of carbonyl (C=O) groups excluding carboxylic acids is 2. The molecule has 0 spiro atoms. The molecular formula is C19H19NO3S. The minimum absolute atomic E-state index is 0.0613. The number of benzene rings is 2. The number of Topliss-reactive ketones (excluding diaryl/α,β-unsaturated/α-hetero) is 1. The summed E-state index contributed by atoms with van der Waals surface area (Å²) in [5, 5.41) is 2.51. The Labute approximate surface area is 145 Å². The van der Waals surface area contributed by atoms with Crippen molar-refractivity contribution in [3.8, 4) is 5.75 Å². The van der Waals surface area contributed by atoms with Gasteiger partial charge in [0.1, 0.15) is 11.5 Å². The first-order valence-corrected chi connectivity index (χ1v) is 8.83. The van der Waals surface area contributed by atoms with Crippen LogP contribution in [0.5, 0.6) is 5.75 Å². The minimum Gasteiger partial charge on any atom is -0.494 e. The van der Waals surface area contributed by atoms with E-state index in [1.807, 2.05) is 55.5 Å². The summed E-state index contributed by atoms with van der Waals surface area (Å²) in [4.78, 5) is 25.5. The van der Waals surface area contributed by atoms with Crippen LogP contribution in [0.2, 0.25) is 0 Å². The molecule has 1 aliphatic rings. The second-order valence-corrected chi connectivity index (χ2v) is 6.83. The SMILES string of the molecule is CCOc1ccc(CC(=O)C[C@@H]2Sc3ccccc3NC2=O)cc1. The highest BCUT2D eigenvalue weighted by molar-refractivity contribution is 8.01. The number of nitrogens with one attached hydrogen (secondary N) is 1. The van der Waals surface area contributed by atoms with E-state index in [1.54, 1.807) is 0 Å². The van der Waals surface area contributed by atoms with Crippen molar-refractivity contribution in [2.24, 2.45) is 0 Å². The van der Waals surface area contributed by atoms with Crippen LogP contribution in [0, 0.1) is 0 Å². The van der Waals surface area contributed by atoms with Crippen molar-refractivity contribution < 1.29 is 14.3 Å². The highest BCUT2D eigenvalue weighted by atomic mass is 32.2. The summed E-state index contributed by atoms with van der Waals surface area (Å²) in [7, 11) is 0. The molecule has 0 bridgehead atoms. The highest BCUT2D eigenvalue weighted by Crippen LogP contribution is 2.36. The number of thioether (sulfide) groups is 1. The Kier molecular flexibility index (Phi) is 5.20. The maximum Gasteiger partial charge on any atom is 0.238 e. The van der Waals surface area contributed by atoms with E-state index >= 15 is 0 Å². The molecule has 4 nitrogen and oxygen atoms in total. The fourth-order valence-corrected chi connectivity index (χ4v) is 3.75. The third kappa shape index (κ3) is 3.97. The third-order valence-corrected chi connectivity index (χ3v) is 5.03. The number of hydrogen-bond acceptors (Lipinski definition) is 4. The van der Waals surface area contributed by atoms with Crippen molar-refractivity contribution in [1.29, 1.82) is 0 Å². The smallest absolute Gasteiger partial charge is 0.238 e. The maximum absolute atomic E-state index is 12.3. The van der Waals surface area contributed by atoms with Gasteiger partial charge in [-0.15, -0.1) is 11.8 Å². The lowest BCUT2D eigenvalue weighted by Crippen LogP contribution is -2.31. The topological polar surface area (TPSA) is 55.4 Å². The summed E-state index contributed by atoms with van der Waals surface area (Å²) < 4.78 is 5.39. The van der Waals surface area contributed by atoms with Crippen molar-refractivity contribution >= 4 is 29.1 Å². The van der Waals surface area contributed by atoms with Gasteiger partial charge in [0.2, 0.25) is 5.91 Å². The van der Waals surface area contributed by atoms with Gasteiger partial charge >= 0.3 is 0 Å². The molecule has 1 heterocycles. The van der Waals surface area contributed by atoms with E-state index in [2.05, 4.69) is 5.32 Å². The fraction of sp³-hybridized carbons (Fsp3) is 0.263. The van der Waals surface area contributed by atoms with Crippen molar-refractivity contribution in [3.63, 3.8) is 0 Å². The first kappa shape index (κ1) is 16.6. The first-order valence-electron chi connectivity index (χ1n) is 7.95. The number of ether oxygens (including phenoxy) is 1. The van der Waals surface area contributed by atoms with Crippen LogP contribution in [0.25, 0.3) is 0 Å². The molecule has 0 aromatic heterocycles. The summed E-state index contributed by atoms with van der Waals surface area (Å²) in [5.41, 5.74) is 1.76. The summed E-state index contributed by atoms with van der Waals surface area (Å²) in [6.07, 6.45) is 0.566. The molecule has 0 unspecified atom stereocenters. The van der Waals surface area contributed by atoms with E-state index in [0.717, 1.165) is 21.9 Å². The molecule has 0 saturated carbocycles. The van der Waals surface area contributed by atoms with Crippen LogP contribution in [0.3, 0.4) is 0 Å². The van der Waals surface area contributed by atoms with Crippen LogP contribution in [-0.4, -0.2) is 23.5 Å². The fourth-order valence-electron chi connectivity index (χ4n) is 2.60. The predicted molar refractivity (Wildman–Crippen MR) is 95.7 cm³/mol. The van der Waals surface area contributed by atoms with Crippen LogP contribution < -0.4 is 10.1 Å². The Balaban J connectivity index is 1.60. The predicted octanol–water partition coefficient (Wildman–Crippen LogP) is 3.70. The van der Waals surface area contributed by atoms with E-state index in [9.17, 15) is 9.59 Å². The Bertz CT molecular complexity index is 743. The number of amides is 1. The lowest BCUT2D eigenvalue weighted by molar-refractivity contribution is -0.122. The standard InChI is InChI=1S/C19H19NO3S/c1-2-23-15-9-7-13(8-10-15)11-14(21)12-18-19(22)20-16-5-3-4-6-17(16)24-18/h3-10,18H,2,11-12H2,1H3,(H,20,22)/t18-/m0/s1. The van der Waals surface area contributed by atoms with Crippen LogP contribution in [0.15, 0.2) is 53.4 Å². The average molecular weight is 341 g/mol. The molecular weight excluding hydrogens is 322 g/mol. The van der Waals surface area contributed by atoms with Crippen molar-refractivity contribution in [1.82, 2.24) is 0 Å². The second-order valence-electron chi connectivity index (χ2n) is 5.59. The molecule has 1 atom stereocenters. The number of fused-ring (bicyclic) bond motifs is 1. The molecule has 2 aromatic carbocycles. The van der Waals surface area contributed by atoms with Crippen molar-refractivity contribution in [2.75, 3.05) is 11.9 Å². The Morgan fingerprint density at radius 3 is 2.67 bits per heavy atom. The number of ketones is 1. The number of rotatable bonds is 6. The summed E-state index contributed by atoms with van der Waals surface area (Å²) in [5.74, 6) is 0.762. The number of anilines is 1. The minimum atomic E-state index is -0.366. The van der Waals surface area contributed by atoms with Gasteiger partial charge in [0.25, 0.3) is 0 Å². The number of carbonyl (C=O) groups is 2. The van der Waals surface area contributed by atoms with Gasteiger partial charge in [0, 0.05) is 17.7 Å². The summed E-state index contributed by atoms with van der Waals surface area (Å²) >= 11 is 1.46. The van der Waals surface area contributed by atoms with Crippen LogP contribution in [-0.2, 0) is 16.0 Å². The van der Waals surface area contributed by atoms with Gasteiger partial charge in [-0.1, -0.05) is 24.3 Å². The molecule has 124 valence electrons. The van der Waals surface area contributed by atoms with E-state index in [-0.39, 0.29) is 23.4 Å². The maximum atomic E-state index is 12.3. The summed E-state index contributed by atoms with van der Waals surface area (Å²) in [6, 6.07) is 15.2. The van der Waals surface area contributed by atoms with Crippen molar-refractivity contribution in [3.05, 3.63) is 54.1 Å². The Morgan fingerprint density at radius 1 is 1.17 bits per heavy atom. The van der Waals surface area contributed by atoms with Crippen LogP contribution >= 0.6 is 11.8 Å². The molecule has 1 amide bonds. The molecule has 24 heavy (non-hydrogen) atoms. The van der Waals surface area contributed by atoms with Gasteiger partial charge in [-0.2, -0.15) is 0 Å². The Hall–Kier alpha value is -2.27. The average Bonchev–Trinajstić information content (AvgIpc) is 2.57. The molecule has 0 radical (unpaired) electrons. The Morgan fingerprint density at radius 2 is 1.92 bits per heavy atom. The first-order chi connectivity index (χ1) is 11.7. The molecule has 5 heteroatoms. The monoisotopic (exact) mass is 341 g/mol. The lowest BCUT2D eigenvalue weighted by atomic mass is 10.0. The van der Waals surface area contributed by atoms with Crippen molar-refractivity contribution in [2.45, 2.75) is 29.9 Å². The third-order valence-electron chi connectivity index (χ3n) is 3.76. The molecule has 0 fully saturated rings. The van der Waals surface area contributed by atoms with E-state index in [1.165, 1.54) is 11.8 Å². The zero-order valence-corrected chi connectivity index (χ0v) is 14.3. The zero-order valence-electron chi connectivity index (χ0n) is 13.5. The van der Waals surface area contributed by atoms with E-state index in [0.29, 0.717) is 13.0 Å². The highest BCUT2D eigenvalue weighted by Gasteiger charge is 2.28.